The van der Waals surface area contributed by atoms with Gasteiger partial charge in [0.1, 0.15) is 0 Å². The SMILES string of the molecule is CC12CCCCC1CCCC2. The molecule has 2 fully saturated rings. The van der Waals surface area contributed by atoms with Gasteiger partial charge in [-0.3, -0.25) is 0 Å². The molecule has 64 valence electrons. The Hall–Kier alpha value is 0. The van der Waals surface area contributed by atoms with E-state index < -0.39 is 0 Å². The van der Waals surface area contributed by atoms with E-state index in [-0.39, 0.29) is 0 Å². The second kappa shape index (κ2) is 2.80. The molecular formula is C11H20. The minimum atomic E-state index is 0.774. The second-order valence-corrected chi connectivity index (χ2v) is 4.84. The van der Waals surface area contributed by atoms with Gasteiger partial charge in [0, 0.05) is 0 Å². The van der Waals surface area contributed by atoms with E-state index in [0.717, 1.165) is 11.3 Å². The van der Waals surface area contributed by atoms with Crippen molar-refractivity contribution in [3.8, 4) is 0 Å². The summed E-state index contributed by atoms with van der Waals surface area (Å²) in [6.45, 7) is 2.54. The fraction of sp³-hybridized carbons (Fsp3) is 1.00. The summed E-state index contributed by atoms with van der Waals surface area (Å²) in [7, 11) is 0. The minimum absolute atomic E-state index is 0.774. The predicted molar refractivity (Wildman–Crippen MR) is 48.5 cm³/mol. The van der Waals surface area contributed by atoms with Crippen molar-refractivity contribution in [3.05, 3.63) is 0 Å². The van der Waals surface area contributed by atoms with Crippen LogP contribution in [0.2, 0.25) is 0 Å². The lowest BCUT2D eigenvalue weighted by atomic mass is 9.61. The van der Waals surface area contributed by atoms with Gasteiger partial charge in [-0.15, -0.1) is 0 Å². The van der Waals surface area contributed by atoms with Crippen LogP contribution >= 0.6 is 0 Å². The van der Waals surface area contributed by atoms with Gasteiger partial charge in [0.15, 0.2) is 0 Å². The Morgan fingerprint density at radius 2 is 1.45 bits per heavy atom. The summed E-state index contributed by atoms with van der Waals surface area (Å²) >= 11 is 0. The Labute approximate surface area is 70.4 Å². The van der Waals surface area contributed by atoms with Crippen LogP contribution in [0.25, 0.3) is 0 Å². The van der Waals surface area contributed by atoms with Crippen LogP contribution in [0.1, 0.15) is 58.3 Å². The first-order valence-electron chi connectivity index (χ1n) is 5.31. The molecule has 2 aliphatic carbocycles. The highest BCUT2D eigenvalue weighted by Gasteiger charge is 2.37. The Morgan fingerprint density at radius 3 is 1.91 bits per heavy atom. The molecule has 0 amide bonds. The normalized spacial score (nSPS) is 45.0. The maximum Gasteiger partial charge on any atom is -0.0298 e. The minimum Gasteiger partial charge on any atom is -0.0594 e. The molecule has 0 bridgehead atoms. The van der Waals surface area contributed by atoms with Gasteiger partial charge >= 0.3 is 0 Å². The topological polar surface area (TPSA) is 0 Å². The monoisotopic (exact) mass is 152 g/mol. The maximum atomic E-state index is 2.54. The standard InChI is InChI=1S/C11H20/c1-11-8-4-2-6-10(11)7-3-5-9-11/h10H,2-9H2,1H3. The fourth-order valence-electron chi connectivity index (χ4n) is 3.21. The lowest BCUT2D eigenvalue weighted by Crippen LogP contribution is -2.33. The highest BCUT2D eigenvalue weighted by molar-refractivity contribution is 4.88. The molecule has 0 radical (unpaired) electrons. The lowest BCUT2D eigenvalue weighted by Gasteiger charge is -2.45. The Bertz CT molecular complexity index is 125. The van der Waals surface area contributed by atoms with E-state index >= 15 is 0 Å². The molecule has 0 aromatic rings. The van der Waals surface area contributed by atoms with Crippen LogP contribution in [0.15, 0.2) is 0 Å². The van der Waals surface area contributed by atoms with Gasteiger partial charge < -0.3 is 0 Å². The number of hydrogen-bond acceptors (Lipinski definition) is 0. The molecule has 0 saturated heterocycles. The van der Waals surface area contributed by atoms with E-state index in [2.05, 4.69) is 6.92 Å². The number of rotatable bonds is 0. The molecule has 0 heteroatoms. The van der Waals surface area contributed by atoms with Crippen LogP contribution in [-0.2, 0) is 0 Å². The molecule has 0 aromatic carbocycles. The van der Waals surface area contributed by atoms with Gasteiger partial charge in [-0.2, -0.15) is 0 Å². The largest absolute Gasteiger partial charge is 0.0594 e. The molecule has 2 aliphatic rings. The van der Waals surface area contributed by atoms with E-state index in [1.807, 2.05) is 0 Å². The highest BCUT2D eigenvalue weighted by Crippen LogP contribution is 2.49. The zero-order valence-electron chi connectivity index (χ0n) is 7.73. The second-order valence-electron chi connectivity index (χ2n) is 4.84. The zero-order valence-corrected chi connectivity index (χ0v) is 7.73. The van der Waals surface area contributed by atoms with Crippen LogP contribution < -0.4 is 0 Å². The Balaban J connectivity index is 2.06. The summed E-state index contributed by atoms with van der Waals surface area (Å²) in [5, 5.41) is 0. The molecule has 0 heterocycles. The van der Waals surface area contributed by atoms with Crippen LogP contribution in [0.5, 0.6) is 0 Å². The van der Waals surface area contributed by atoms with Gasteiger partial charge in [-0.05, 0) is 37.0 Å². The van der Waals surface area contributed by atoms with E-state index in [1.165, 1.54) is 51.4 Å². The summed E-state index contributed by atoms with van der Waals surface area (Å²) < 4.78 is 0. The van der Waals surface area contributed by atoms with Crippen molar-refractivity contribution < 1.29 is 0 Å². The summed E-state index contributed by atoms with van der Waals surface area (Å²) in [5.41, 5.74) is 0.774. The quantitative estimate of drug-likeness (QED) is 0.496. The fourth-order valence-corrected chi connectivity index (χ4v) is 3.21. The smallest absolute Gasteiger partial charge is 0.0298 e. The van der Waals surface area contributed by atoms with E-state index in [0.29, 0.717) is 0 Å². The molecule has 0 nitrogen and oxygen atoms in total. The molecular weight excluding hydrogens is 132 g/mol. The summed E-state index contributed by atoms with van der Waals surface area (Å²) in [5.74, 6) is 1.10. The molecule has 0 N–H and O–H groups in total. The van der Waals surface area contributed by atoms with Crippen molar-refractivity contribution in [2.75, 3.05) is 0 Å². The van der Waals surface area contributed by atoms with Gasteiger partial charge in [0.2, 0.25) is 0 Å². The molecule has 0 atom stereocenters. The lowest BCUT2D eigenvalue weighted by molar-refractivity contribution is 0.0647. The van der Waals surface area contributed by atoms with Crippen LogP contribution in [0.4, 0.5) is 0 Å². The van der Waals surface area contributed by atoms with Crippen molar-refractivity contribution >= 4 is 0 Å². The van der Waals surface area contributed by atoms with Crippen molar-refractivity contribution in [2.45, 2.75) is 58.3 Å². The van der Waals surface area contributed by atoms with Crippen LogP contribution in [-0.4, -0.2) is 0 Å². The maximum absolute atomic E-state index is 2.54. The van der Waals surface area contributed by atoms with Crippen LogP contribution in [0.3, 0.4) is 0 Å². The molecule has 2 saturated carbocycles. The predicted octanol–water partition coefficient (Wildman–Crippen LogP) is 3.76. The first-order chi connectivity index (χ1) is 5.31. The van der Waals surface area contributed by atoms with Crippen molar-refractivity contribution in [1.29, 1.82) is 0 Å². The van der Waals surface area contributed by atoms with Crippen LogP contribution in [0, 0.1) is 11.3 Å². The molecule has 0 unspecified atom stereocenters. The summed E-state index contributed by atoms with van der Waals surface area (Å²) in [6.07, 6.45) is 12.2. The van der Waals surface area contributed by atoms with E-state index in [9.17, 15) is 0 Å². The molecule has 0 spiro atoms. The molecule has 2 rings (SSSR count). The first kappa shape index (κ1) is 7.64. The third-order valence-corrected chi connectivity index (χ3v) is 4.09. The number of hydrogen-bond donors (Lipinski definition) is 0. The number of fused-ring (bicyclic) bond motifs is 1. The van der Waals surface area contributed by atoms with Crippen molar-refractivity contribution in [3.63, 3.8) is 0 Å². The van der Waals surface area contributed by atoms with Gasteiger partial charge in [0.25, 0.3) is 0 Å². The Morgan fingerprint density at radius 1 is 0.909 bits per heavy atom. The molecule has 0 aliphatic heterocycles. The third-order valence-electron chi connectivity index (χ3n) is 4.09. The third kappa shape index (κ3) is 1.32. The van der Waals surface area contributed by atoms with Crippen molar-refractivity contribution in [1.82, 2.24) is 0 Å². The first-order valence-corrected chi connectivity index (χ1v) is 5.31. The zero-order chi connectivity index (χ0) is 7.73. The van der Waals surface area contributed by atoms with E-state index in [1.54, 1.807) is 0 Å². The molecule has 0 aromatic heterocycles. The van der Waals surface area contributed by atoms with Gasteiger partial charge in [-0.25, -0.2) is 0 Å². The summed E-state index contributed by atoms with van der Waals surface area (Å²) in [6, 6.07) is 0. The average Bonchev–Trinajstić information content (AvgIpc) is 2.03. The van der Waals surface area contributed by atoms with Gasteiger partial charge in [0.05, 0.1) is 0 Å². The summed E-state index contributed by atoms with van der Waals surface area (Å²) in [4.78, 5) is 0. The van der Waals surface area contributed by atoms with E-state index in [4.69, 9.17) is 0 Å². The van der Waals surface area contributed by atoms with Crippen molar-refractivity contribution in [2.24, 2.45) is 11.3 Å². The molecule has 11 heavy (non-hydrogen) atoms. The average molecular weight is 152 g/mol. The Kier molecular flexibility index (Phi) is 1.95. The highest BCUT2D eigenvalue weighted by atomic mass is 14.4. The van der Waals surface area contributed by atoms with Gasteiger partial charge in [-0.1, -0.05) is 32.6 Å².